The highest BCUT2D eigenvalue weighted by Crippen LogP contribution is 2.22. The SMILES string of the molecule is CNC(=O)C1=NCCC(c2ccccc2)C=C1. The van der Waals surface area contributed by atoms with Crippen molar-refractivity contribution in [2.75, 3.05) is 13.6 Å². The molecule has 2 rings (SSSR count). The first-order chi connectivity index (χ1) is 8.31. The predicted octanol–water partition coefficient (Wildman–Crippen LogP) is 1.92. The number of rotatable bonds is 2. The number of nitrogens with one attached hydrogen (secondary N) is 1. The number of amides is 1. The molecule has 1 aliphatic rings. The molecule has 3 heteroatoms. The fourth-order valence-electron chi connectivity index (χ4n) is 1.93. The van der Waals surface area contributed by atoms with Crippen LogP contribution in [0.2, 0.25) is 0 Å². The Morgan fingerprint density at radius 3 is 2.82 bits per heavy atom. The zero-order valence-electron chi connectivity index (χ0n) is 9.89. The molecular formula is C14H16N2O. The van der Waals surface area contributed by atoms with Crippen molar-refractivity contribution >= 4 is 11.6 Å². The van der Waals surface area contributed by atoms with Gasteiger partial charge in [0.05, 0.1) is 0 Å². The topological polar surface area (TPSA) is 41.5 Å². The quantitative estimate of drug-likeness (QED) is 0.825. The van der Waals surface area contributed by atoms with Gasteiger partial charge in [-0.25, -0.2) is 0 Å². The first-order valence-corrected chi connectivity index (χ1v) is 5.81. The van der Waals surface area contributed by atoms with Crippen LogP contribution >= 0.6 is 0 Å². The minimum Gasteiger partial charge on any atom is -0.354 e. The zero-order chi connectivity index (χ0) is 12.1. The van der Waals surface area contributed by atoms with Crippen LogP contribution in [0.25, 0.3) is 0 Å². The van der Waals surface area contributed by atoms with Crippen molar-refractivity contribution in [3.8, 4) is 0 Å². The predicted molar refractivity (Wildman–Crippen MR) is 69.3 cm³/mol. The number of allylic oxidation sites excluding steroid dienone is 1. The van der Waals surface area contributed by atoms with E-state index in [0.29, 0.717) is 18.2 Å². The summed E-state index contributed by atoms with van der Waals surface area (Å²) in [6, 6.07) is 10.3. The monoisotopic (exact) mass is 228 g/mol. The molecule has 1 aromatic carbocycles. The molecule has 0 fully saturated rings. The van der Waals surface area contributed by atoms with Crippen LogP contribution in [0.3, 0.4) is 0 Å². The summed E-state index contributed by atoms with van der Waals surface area (Å²) >= 11 is 0. The Morgan fingerprint density at radius 1 is 1.35 bits per heavy atom. The lowest BCUT2D eigenvalue weighted by molar-refractivity contribution is -0.114. The summed E-state index contributed by atoms with van der Waals surface area (Å²) in [7, 11) is 1.62. The van der Waals surface area contributed by atoms with Gasteiger partial charge in [0.25, 0.3) is 5.91 Å². The fourth-order valence-corrected chi connectivity index (χ4v) is 1.93. The Kier molecular flexibility index (Phi) is 3.70. The molecule has 0 radical (unpaired) electrons. The third-order valence-corrected chi connectivity index (χ3v) is 2.90. The average molecular weight is 228 g/mol. The molecule has 0 spiro atoms. The molecule has 3 nitrogen and oxygen atoms in total. The second-order valence-corrected chi connectivity index (χ2v) is 4.01. The molecule has 1 atom stereocenters. The third kappa shape index (κ3) is 2.81. The molecule has 0 saturated heterocycles. The Labute approximate surface area is 101 Å². The zero-order valence-corrected chi connectivity index (χ0v) is 9.89. The lowest BCUT2D eigenvalue weighted by Crippen LogP contribution is -2.26. The van der Waals surface area contributed by atoms with E-state index in [1.807, 2.05) is 24.3 Å². The molecule has 0 aromatic heterocycles. The maximum Gasteiger partial charge on any atom is 0.269 e. The van der Waals surface area contributed by atoms with Crippen LogP contribution in [-0.2, 0) is 4.79 Å². The highest BCUT2D eigenvalue weighted by molar-refractivity contribution is 6.43. The molecule has 1 unspecified atom stereocenters. The molecule has 0 saturated carbocycles. The maximum absolute atomic E-state index is 11.5. The Bertz CT molecular complexity index is 449. The van der Waals surface area contributed by atoms with Crippen LogP contribution in [0.1, 0.15) is 17.9 Å². The molecule has 1 N–H and O–H groups in total. The van der Waals surface area contributed by atoms with Gasteiger partial charge in [0.1, 0.15) is 5.71 Å². The van der Waals surface area contributed by atoms with Crippen LogP contribution in [0.5, 0.6) is 0 Å². The van der Waals surface area contributed by atoms with Gasteiger partial charge in [-0.2, -0.15) is 0 Å². The molecule has 1 amide bonds. The molecule has 1 heterocycles. The summed E-state index contributed by atoms with van der Waals surface area (Å²) in [5.74, 6) is 0.233. The third-order valence-electron chi connectivity index (χ3n) is 2.90. The smallest absolute Gasteiger partial charge is 0.269 e. The second-order valence-electron chi connectivity index (χ2n) is 4.01. The summed E-state index contributed by atoms with van der Waals surface area (Å²) in [4.78, 5) is 15.8. The van der Waals surface area contributed by atoms with E-state index in [1.54, 1.807) is 7.05 Å². The van der Waals surface area contributed by atoms with E-state index < -0.39 is 0 Å². The first-order valence-electron chi connectivity index (χ1n) is 5.81. The van der Waals surface area contributed by atoms with Gasteiger partial charge in [-0.3, -0.25) is 9.79 Å². The van der Waals surface area contributed by atoms with Crippen molar-refractivity contribution in [1.29, 1.82) is 0 Å². The highest BCUT2D eigenvalue weighted by Gasteiger charge is 2.13. The van der Waals surface area contributed by atoms with Crippen molar-refractivity contribution in [1.82, 2.24) is 5.32 Å². The van der Waals surface area contributed by atoms with Crippen molar-refractivity contribution in [2.24, 2.45) is 4.99 Å². The van der Waals surface area contributed by atoms with Gasteiger partial charge in [0.15, 0.2) is 0 Å². The number of hydrogen-bond acceptors (Lipinski definition) is 2. The summed E-state index contributed by atoms with van der Waals surface area (Å²) < 4.78 is 0. The maximum atomic E-state index is 11.5. The Balaban J connectivity index is 2.14. The number of nitrogens with zero attached hydrogens (tertiary/aromatic N) is 1. The molecule has 1 aromatic rings. The standard InChI is InChI=1S/C14H16N2O/c1-15-14(17)13-8-7-12(9-10-16-13)11-5-3-2-4-6-11/h2-8,12H,9-10H2,1H3,(H,15,17). The van der Waals surface area contributed by atoms with E-state index in [1.165, 1.54) is 5.56 Å². The van der Waals surface area contributed by atoms with E-state index in [0.717, 1.165) is 6.42 Å². The van der Waals surface area contributed by atoms with Crippen LogP contribution in [0, 0.1) is 0 Å². The summed E-state index contributed by atoms with van der Waals surface area (Å²) in [6.45, 7) is 0.690. The lowest BCUT2D eigenvalue weighted by Gasteiger charge is -2.09. The average Bonchev–Trinajstić information content (AvgIpc) is 2.64. The lowest BCUT2D eigenvalue weighted by atomic mass is 9.95. The van der Waals surface area contributed by atoms with Gasteiger partial charge in [-0.15, -0.1) is 0 Å². The van der Waals surface area contributed by atoms with Crippen molar-refractivity contribution in [3.63, 3.8) is 0 Å². The van der Waals surface area contributed by atoms with Gasteiger partial charge in [-0.05, 0) is 18.1 Å². The van der Waals surface area contributed by atoms with E-state index in [-0.39, 0.29) is 5.91 Å². The van der Waals surface area contributed by atoms with Crippen LogP contribution in [0.15, 0.2) is 47.5 Å². The molecule has 17 heavy (non-hydrogen) atoms. The van der Waals surface area contributed by atoms with E-state index in [9.17, 15) is 4.79 Å². The summed E-state index contributed by atoms with van der Waals surface area (Å²) in [5.41, 5.74) is 1.79. The van der Waals surface area contributed by atoms with Gasteiger partial charge in [-0.1, -0.05) is 36.4 Å². The second kappa shape index (κ2) is 5.43. The summed E-state index contributed by atoms with van der Waals surface area (Å²) in [5, 5.41) is 2.60. The molecule has 0 aliphatic carbocycles. The number of benzene rings is 1. The van der Waals surface area contributed by atoms with Gasteiger partial charge in [0, 0.05) is 19.5 Å². The minimum absolute atomic E-state index is 0.116. The van der Waals surface area contributed by atoms with E-state index in [4.69, 9.17) is 0 Å². The molecule has 1 aliphatic heterocycles. The van der Waals surface area contributed by atoms with E-state index >= 15 is 0 Å². The minimum atomic E-state index is -0.116. The first kappa shape index (κ1) is 11.6. The van der Waals surface area contributed by atoms with Gasteiger partial charge in [0.2, 0.25) is 0 Å². The van der Waals surface area contributed by atoms with Crippen LogP contribution in [-0.4, -0.2) is 25.2 Å². The molecule has 0 bridgehead atoms. The largest absolute Gasteiger partial charge is 0.354 e. The van der Waals surface area contributed by atoms with Crippen molar-refractivity contribution in [3.05, 3.63) is 48.0 Å². The van der Waals surface area contributed by atoms with Crippen LogP contribution < -0.4 is 5.32 Å². The summed E-state index contributed by atoms with van der Waals surface area (Å²) in [6.07, 6.45) is 4.83. The molecular weight excluding hydrogens is 212 g/mol. The fraction of sp³-hybridized carbons (Fsp3) is 0.286. The highest BCUT2D eigenvalue weighted by atomic mass is 16.1. The number of hydrogen-bond donors (Lipinski definition) is 1. The van der Waals surface area contributed by atoms with Gasteiger partial charge < -0.3 is 5.32 Å². The van der Waals surface area contributed by atoms with E-state index in [2.05, 4.69) is 28.5 Å². The number of carbonyl (C=O) groups is 1. The Hall–Kier alpha value is -1.90. The van der Waals surface area contributed by atoms with Crippen molar-refractivity contribution in [2.45, 2.75) is 12.3 Å². The Morgan fingerprint density at radius 2 is 2.12 bits per heavy atom. The number of carbonyl (C=O) groups excluding carboxylic acids is 1. The number of aliphatic imine (C=N–C) groups is 1. The van der Waals surface area contributed by atoms with Crippen molar-refractivity contribution < 1.29 is 4.79 Å². The van der Waals surface area contributed by atoms with Crippen LogP contribution in [0.4, 0.5) is 0 Å². The van der Waals surface area contributed by atoms with Gasteiger partial charge >= 0.3 is 0 Å². The molecule has 88 valence electrons. The normalized spacial score (nSPS) is 19.4.